The van der Waals surface area contributed by atoms with Gasteiger partial charge in [0.25, 0.3) is 0 Å². The number of aryl methyl sites for hydroxylation is 1. The van der Waals surface area contributed by atoms with Crippen molar-refractivity contribution in [3.05, 3.63) is 70.5 Å². The summed E-state index contributed by atoms with van der Waals surface area (Å²) in [6, 6.07) is 11.8. The maximum Gasteiger partial charge on any atom is 0.205 e. The standard InChI is InChI=1S/C19H16N2O3/c1-22-12-5-7-13-11(9-12)4-6-14-17(16-3-2-8-23-16)15(10-20)19(21)24-18(13)14/h2-3,5,7-9,17H,4,6,21H2,1H3. The second-order valence-electron chi connectivity index (χ2n) is 5.82. The van der Waals surface area contributed by atoms with E-state index in [0.717, 1.165) is 41.1 Å². The lowest BCUT2D eigenvalue weighted by molar-refractivity contribution is 0.343. The van der Waals surface area contributed by atoms with Crippen molar-refractivity contribution in [1.29, 1.82) is 5.26 Å². The number of hydrogen-bond acceptors (Lipinski definition) is 5. The third-order valence-electron chi connectivity index (χ3n) is 4.58. The lowest BCUT2D eigenvalue weighted by atomic mass is 9.78. The molecule has 0 saturated heterocycles. The Balaban J connectivity index is 1.88. The first kappa shape index (κ1) is 14.5. The minimum Gasteiger partial charge on any atom is -0.497 e. The Morgan fingerprint density at radius 1 is 1.29 bits per heavy atom. The zero-order valence-electron chi connectivity index (χ0n) is 13.2. The van der Waals surface area contributed by atoms with Gasteiger partial charge in [0.1, 0.15) is 28.9 Å². The molecule has 2 aliphatic rings. The molecule has 2 N–H and O–H groups in total. The second kappa shape index (κ2) is 5.50. The van der Waals surface area contributed by atoms with E-state index in [1.807, 2.05) is 30.3 Å². The van der Waals surface area contributed by atoms with Crippen molar-refractivity contribution in [3.63, 3.8) is 0 Å². The fourth-order valence-electron chi connectivity index (χ4n) is 3.45. The van der Waals surface area contributed by atoms with Crippen molar-refractivity contribution < 1.29 is 13.9 Å². The molecule has 4 rings (SSSR count). The van der Waals surface area contributed by atoms with Gasteiger partial charge >= 0.3 is 0 Å². The van der Waals surface area contributed by atoms with Gasteiger partial charge < -0.3 is 19.6 Å². The molecule has 5 heteroatoms. The third-order valence-corrected chi connectivity index (χ3v) is 4.58. The first-order valence-corrected chi connectivity index (χ1v) is 7.74. The number of methoxy groups -OCH3 is 1. The monoisotopic (exact) mass is 320 g/mol. The van der Waals surface area contributed by atoms with Crippen molar-refractivity contribution in [2.45, 2.75) is 18.8 Å². The van der Waals surface area contributed by atoms with Crippen LogP contribution in [-0.4, -0.2) is 7.11 Å². The fraction of sp³-hybridized carbons (Fsp3) is 0.211. The molecule has 0 bridgehead atoms. The molecule has 0 radical (unpaired) electrons. The van der Waals surface area contributed by atoms with Crippen LogP contribution < -0.4 is 10.5 Å². The van der Waals surface area contributed by atoms with Crippen LogP contribution in [-0.2, 0) is 11.2 Å². The summed E-state index contributed by atoms with van der Waals surface area (Å²) < 4.78 is 16.7. The van der Waals surface area contributed by atoms with Gasteiger partial charge in [-0.25, -0.2) is 0 Å². The summed E-state index contributed by atoms with van der Waals surface area (Å²) in [4.78, 5) is 0. The maximum absolute atomic E-state index is 9.54. The Morgan fingerprint density at radius 3 is 2.88 bits per heavy atom. The molecule has 1 aromatic carbocycles. The highest BCUT2D eigenvalue weighted by Crippen LogP contribution is 2.47. The van der Waals surface area contributed by atoms with Gasteiger partial charge in [-0.05, 0) is 54.3 Å². The summed E-state index contributed by atoms with van der Waals surface area (Å²) in [5.74, 6) is 2.11. The van der Waals surface area contributed by atoms with Crippen LogP contribution in [0, 0.1) is 11.3 Å². The maximum atomic E-state index is 9.54. The molecule has 120 valence electrons. The molecule has 0 saturated carbocycles. The molecule has 1 aliphatic heterocycles. The van der Waals surface area contributed by atoms with E-state index >= 15 is 0 Å². The van der Waals surface area contributed by atoms with Crippen LogP contribution in [0.4, 0.5) is 0 Å². The molecule has 1 aliphatic carbocycles. The van der Waals surface area contributed by atoms with E-state index < -0.39 is 0 Å². The molecule has 0 fully saturated rings. The molecule has 0 spiro atoms. The number of nitriles is 1. The Kier molecular flexibility index (Phi) is 3.31. The number of benzene rings is 1. The number of allylic oxidation sites excluding steroid dienone is 2. The predicted octanol–water partition coefficient (Wildman–Crippen LogP) is 3.45. The van der Waals surface area contributed by atoms with Gasteiger partial charge in [-0.2, -0.15) is 5.26 Å². The number of nitrogens with zero attached hydrogens (tertiary/aromatic N) is 1. The summed E-state index contributed by atoms with van der Waals surface area (Å²) in [5.41, 5.74) is 9.63. The SMILES string of the molecule is COc1ccc2c(c1)CCC1=C2OC(N)=C(C#N)C1c1ccco1. The number of hydrogen-bond donors (Lipinski definition) is 1. The summed E-state index contributed by atoms with van der Waals surface area (Å²) >= 11 is 0. The highest BCUT2D eigenvalue weighted by atomic mass is 16.5. The molecule has 1 atom stereocenters. The average Bonchev–Trinajstić information content (AvgIpc) is 3.14. The predicted molar refractivity (Wildman–Crippen MR) is 87.6 cm³/mol. The van der Waals surface area contributed by atoms with Gasteiger partial charge in [-0.15, -0.1) is 0 Å². The summed E-state index contributed by atoms with van der Waals surface area (Å²) in [5, 5.41) is 9.54. The molecular formula is C19H16N2O3. The van der Waals surface area contributed by atoms with Crippen LogP contribution in [0.1, 0.15) is 29.2 Å². The van der Waals surface area contributed by atoms with E-state index in [9.17, 15) is 5.26 Å². The quantitative estimate of drug-likeness (QED) is 0.916. The van der Waals surface area contributed by atoms with Crippen molar-refractivity contribution in [2.24, 2.45) is 5.73 Å². The van der Waals surface area contributed by atoms with Crippen molar-refractivity contribution in [2.75, 3.05) is 7.11 Å². The number of fused-ring (bicyclic) bond motifs is 2. The summed E-state index contributed by atoms with van der Waals surface area (Å²) in [7, 11) is 1.65. The molecule has 1 aromatic heterocycles. The highest BCUT2D eigenvalue weighted by molar-refractivity contribution is 5.74. The van der Waals surface area contributed by atoms with Crippen LogP contribution >= 0.6 is 0 Å². The molecule has 24 heavy (non-hydrogen) atoms. The van der Waals surface area contributed by atoms with Gasteiger partial charge in [-0.3, -0.25) is 0 Å². The number of nitrogens with two attached hydrogens (primary N) is 1. The van der Waals surface area contributed by atoms with Crippen LogP contribution in [0.2, 0.25) is 0 Å². The lowest BCUT2D eigenvalue weighted by Gasteiger charge is -2.32. The Bertz CT molecular complexity index is 901. The van der Waals surface area contributed by atoms with E-state index in [0.29, 0.717) is 11.3 Å². The lowest BCUT2D eigenvalue weighted by Crippen LogP contribution is -2.23. The topological polar surface area (TPSA) is 81.4 Å². The Hall–Kier alpha value is -3.13. The van der Waals surface area contributed by atoms with Crippen LogP contribution in [0.25, 0.3) is 5.76 Å². The van der Waals surface area contributed by atoms with Gasteiger partial charge in [0, 0.05) is 5.56 Å². The molecule has 0 amide bonds. The van der Waals surface area contributed by atoms with Crippen LogP contribution in [0.5, 0.6) is 5.75 Å². The normalized spacial score (nSPS) is 19.2. The van der Waals surface area contributed by atoms with E-state index in [-0.39, 0.29) is 11.8 Å². The van der Waals surface area contributed by atoms with Gasteiger partial charge in [0.05, 0.1) is 19.3 Å². The largest absolute Gasteiger partial charge is 0.497 e. The first-order chi connectivity index (χ1) is 11.7. The van der Waals surface area contributed by atoms with E-state index in [2.05, 4.69) is 6.07 Å². The average molecular weight is 320 g/mol. The zero-order valence-corrected chi connectivity index (χ0v) is 13.2. The van der Waals surface area contributed by atoms with Crippen LogP contribution in [0.15, 0.2) is 58.0 Å². The van der Waals surface area contributed by atoms with E-state index in [1.165, 1.54) is 0 Å². The van der Waals surface area contributed by atoms with Gasteiger partial charge in [0.15, 0.2) is 0 Å². The van der Waals surface area contributed by atoms with E-state index in [1.54, 1.807) is 13.4 Å². The number of rotatable bonds is 2. The molecule has 1 unspecified atom stereocenters. The summed E-state index contributed by atoms with van der Waals surface area (Å²) in [6.07, 6.45) is 3.24. The highest BCUT2D eigenvalue weighted by Gasteiger charge is 2.37. The molecule has 5 nitrogen and oxygen atoms in total. The molecule has 2 aromatic rings. The molecular weight excluding hydrogens is 304 g/mol. The van der Waals surface area contributed by atoms with Crippen molar-refractivity contribution in [3.8, 4) is 11.8 Å². The van der Waals surface area contributed by atoms with Crippen LogP contribution in [0.3, 0.4) is 0 Å². The fourth-order valence-corrected chi connectivity index (χ4v) is 3.45. The number of furan rings is 1. The van der Waals surface area contributed by atoms with Gasteiger partial charge in [-0.1, -0.05) is 0 Å². The summed E-state index contributed by atoms with van der Waals surface area (Å²) in [6.45, 7) is 0. The second-order valence-corrected chi connectivity index (χ2v) is 5.82. The smallest absolute Gasteiger partial charge is 0.205 e. The minimum absolute atomic E-state index is 0.140. The Morgan fingerprint density at radius 2 is 2.17 bits per heavy atom. The van der Waals surface area contributed by atoms with E-state index in [4.69, 9.17) is 19.6 Å². The minimum atomic E-state index is -0.288. The van der Waals surface area contributed by atoms with Gasteiger partial charge in [0.2, 0.25) is 5.88 Å². The zero-order chi connectivity index (χ0) is 16.7. The van der Waals surface area contributed by atoms with Crippen molar-refractivity contribution >= 4 is 5.76 Å². The Labute approximate surface area is 139 Å². The third kappa shape index (κ3) is 2.08. The van der Waals surface area contributed by atoms with Crippen molar-refractivity contribution in [1.82, 2.24) is 0 Å². The number of ether oxygens (including phenoxy) is 2. The first-order valence-electron chi connectivity index (χ1n) is 7.74. The molecule has 2 heterocycles.